The molecule has 11 heteroatoms. The van der Waals surface area contributed by atoms with Crippen LogP contribution in [-0.2, 0) is 12.4 Å². The molecule has 134 valence electrons. The van der Waals surface area contributed by atoms with E-state index in [4.69, 9.17) is 16.3 Å². The summed E-state index contributed by atoms with van der Waals surface area (Å²) in [7, 11) is 0. The number of aromatic nitrogens is 2. The van der Waals surface area contributed by atoms with Gasteiger partial charge in [-0.05, 0) is 29.3 Å². The maximum absolute atomic E-state index is 13.2. The first-order valence-corrected chi connectivity index (χ1v) is 7.13. The van der Waals surface area contributed by atoms with Gasteiger partial charge in [-0.3, -0.25) is 0 Å². The van der Waals surface area contributed by atoms with Crippen molar-refractivity contribution in [3.63, 3.8) is 0 Å². The third kappa shape index (κ3) is 3.58. The first kappa shape index (κ1) is 17.6. The molecular weight excluding hydrogens is 376 g/mol. The molecule has 1 N–H and O–H groups in total. The topological polar surface area (TPSA) is 47.0 Å². The Labute approximate surface area is 141 Å². The van der Waals surface area contributed by atoms with Gasteiger partial charge in [0.1, 0.15) is 6.61 Å². The van der Waals surface area contributed by atoms with Gasteiger partial charge >= 0.3 is 12.4 Å². The minimum absolute atomic E-state index is 0.0595. The number of alkyl halides is 6. The summed E-state index contributed by atoms with van der Waals surface area (Å²) in [6.45, 7) is -0.244. The van der Waals surface area contributed by atoms with E-state index in [1.165, 1.54) is 6.20 Å². The molecule has 1 aromatic heterocycles. The van der Waals surface area contributed by atoms with E-state index in [0.717, 1.165) is 6.07 Å². The van der Waals surface area contributed by atoms with E-state index in [9.17, 15) is 26.3 Å². The Balaban J connectivity index is 2.02. The third-order valence-corrected chi connectivity index (χ3v) is 3.69. The number of ether oxygens (including phenoxy) is 1. The van der Waals surface area contributed by atoms with Crippen LogP contribution in [-0.4, -0.2) is 16.6 Å². The zero-order valence-electron chi connectivity index (χ0n) is 12.0. The molecule has 0 saturated heterocycles. The summed E-state index contributed by atoms with van der Waals surface area (Å²) < 4.78 is 83.2. The number of fused-ring (bicyclic) bond motifs is 1. The highest BCUT2D eigenvalue weighted by atomic mass is 35.5. The second-order valence-corrected chi connectivity index (χ2v) is 5.50. The van der Waals surface area contributed by atoms with Crippen molar-refractivity contribution < 1.29 is 31.1 Å². The fourth-order valence-corrected chi connectivity index (χ4v) is 2.52. The van der Waals surface area contributed by atoms with Crippen molar-refractivity contribution in [3.8, 4) is 5.75 Å². The summed E-state index contributed by atoms with van der Waals surface area (Å²) in [5.74, 6) is 0.241. The minimum Gasteiger partial charge on any atom is -0.486 e. The van der Waals surface area contributed by atoms with Crippen molar-refractivity contribution in [2.45, 2.75) is 18.4 Å². The van der Waals surface area contributed by atoms with Crippen molar-refractivity contribution in [2.24, 2.45) is 0 Å². The van der Waals surface area contributed by atoms with Crippen LogP contribution in [0.25, 0.3) is 0 Å². The lowest BCUT2D eigenvalue weighted by Crippen LogP contribution is -2.27. The molecule has 0 amide bonds. The molecule has 1 unspecified atom stereocenters. The largest absolute Gasteiger partial charge is 0.486 e. The highest BCUT2D eigenvalue weighted by molar-refractivity contribution is 6.28. The van der Waals surface area contributed by atoms with Gasteiger partial charge in [-0.15, -0.1) is 0 Å². The lowest BCUT2D eigenvalue weighted by molar-refractivity contribution is -0.143. The van der Waals surface area contributed by atoms with Crippen LogP contribution in [0, 0.1) is 0 Å². The molecule has 0 saturated carbocycles. The predicted molar refractivity (Wildman–Crippen MR) is 75.3 cm³/mol. The zero-order chi connectivity index (χ0) is 18.4. The van der Waals surface area contributed by atoms with Gasteiger partial charge in [0.05, 0.1) is 23.4 Å². The Morgan fingerprint density at radius 1 is 1.12 bits per heavy atom. The molecule has 4 nitrogen and oxygen atoms in total. The van der Waals surface area contributed by atoms with Crippen molar-refractivity contribution in [1.29, 1.82) is 0 Å². The average molecular weight is 384 g/mol. The van der Waals surface area contributed by atoms with Gasteiger partial charge in [0, 0.05) is 0 Å². The summed E-state index contributed by atoms with van der Waals surface area (Å²) >= 11 is 5.62. The number of anilines is 1. The Hall–Kier alpha value is -2.23. The molecule has 0 bridgehead atoms. The second-order valence-electron chi connectivity index (χ2n) is 5.16. The number of nitrogens with one attached hydrogen (secondary N) is 1. The molecule has 0 radical (unpaired) electrons. The first-order valence-electron chi connectivity index (χ1n) is 6.76. The molecule has 1 aliphatic rings. The predicted octanol–water partition coefficient (Wildman–Crippen LogP) is 4.71. The van der Waals surface area contributed by atoms with Gasteiger partial charge in [0.25, 0.3) is 0 Å². The van der Waals surface area contributed by atoms with Crippen LogP contribution in [0.2, 0.25) is 5.28 Å². The van der Waals surface area contributed by atoms with Gasteiger partial charge < -0.3 is 10.1 Å². The molecule has 1 atom stereocenters. The van der Waals surface area contributed by atoms with Gasteiger partial charge in [0.15, 0.2) is 11.6 Å². The Morgan fingerprint density at radius 3 is 2.48 bits per heavy atom. The smallest absolute Gasteiger partial charge is 0.416 e. The number of benzene rings is 1. The van der Waals surface area contributed by atoms with E-state index < -0.39 is 29.5 Å². The third-order valence-electron chi connectivity index (χ3n) is 3.50. The van der Waals surface area contributed by atoms with E-state index in [1.54, 1.807) is 0 Å². The summed E-state index contributed by atoms with van der Waals surface area (Å²) in [6.07, 6.45) is -8.62. The zero-order valence-corrected chi connectivity index (χ0v) is 12.8. The van der Waals surface area contributed by atoms with Crippen LogP contribution in [0.1, 0.15) is 22.7 Å². The van der Waals surface area contributed by atoms with Crippen molar-refractivity contribution in [2.75, 3.05) is 11.9 Å². The average Bonchev–Trinajstić information content (AvgIpc) is 2.52. The molecule has 0 fully saturated rings. The van der Waals surface area contributed by atoms with Gasteiger partial charge in [0.2, 0.25) is 5.28 Å². The molecule has 0 aliphatic carbocycles. The first-order chi connectivity index (χ1) is 11.6. The Kier molecular flexibility index (Phi) is 4.18. The standard InChI is InChI=1S/C14H8ClF6N3O/c15-12-22-4-10-11(24-12)23-9(5-25-10)7-2-1-6(13(16,17)18)3-8(7)14(19,20)21/h1-4,9H,5H2,(H,22,23,24). The van der Waals surface area contributed by atoms with Crippen LogP contribution >= 0.6 is 11.6 Å². The quantitative estimate of drug-likeness (QED) is 0.572. The maximum atomic E-state index is 13.2. The van der Waals surface area contributed by atoms with Crippen molar-refractivity contribution >= 4 is 17.4 Å². The van der Waals surface area contributed by atoms with E-state index >= 15 is 0 Å². The normalized spacial score (nSPS) is 17.5. The van der Waals surface area contributed by atoms with E-state index in [-0.39, 0.29) is 35.1 Å². The van der Waals surface area contributed by atoms with Crippen molar-refractivity contribution in [1.82, 2.24) is 9.97 Å². The number of nitrogens with zero attached hydrogens (tertiary/aromatic N) is 2. The molecule has 1 aliphatic heterocycles. The summed E-state index contributed by atoms with van der Waals surface area (Å²) in [5.41, 5.74) is -3.17. The minimum atomic E-state index is -4.97. The van der Waals surface area contributed by atoms with Crippen LogP contribution < -0.4 is 10.1 Å². The number of halogens is 7. The van der Waals surface area contributed by atoms with E-state index in [1.807, 2.05) is 0 Å². The lowest BCUT2D eigenvalue weighted by Gasteiger charge is -2.28. The molecular formula is C14H8ClF6N3O. The fraction of sp³-hybridized carbons (Fsp3) is 0.286. The maximum Gasteiger partial charge on any atom is 0.416 e. The van der Waals surface area contributed by atoms with Crippen LogP contribution in [0.3, 0.4) is 0 Å². The Bertz CT molecular complexity index is 808. The summed E-state index contributed by atoms with van der Waals surface area (Å²) in [5, 5.41) is 2.53. The van der Waals surface area contributed by atoms with Gasteiger partial charge in [-0.2, -0.15) is 31.3 Å². The van der Waals surface area contributed by atoms with Crippen molar-refractivity contribution in [3.05, 3.63) is 46.4 Å². The summed E-state index contributed by atoms with van der Waals surface area (Å²) in [6, 6.07) is 0.395. The SMILES string of the molecule is FC(F)(F)c1ccc(C2COc3cnc(Cl)nc3N2)c(C(F)(F)F)c1. The van der Waals surface area contributed by atoms with Gasteiger partial charge in [-0.1, -0.05) is 6.07 Å². The van der Waals surface area contributed by atoms with E-state index in [2.05, 4.69) is 15.3 Å². The van der Waals surface area contributed by atoms with Crippen LogP contribution in [0.15, 0.2) is 24.4 Å². The van der Waals surface area contributed by atoms with Crippen LogP contribution in [0.5, 0.6) is 5.75 Å². The van der Waals surface area contributed by atoms with E-state index in [0.29, 0.717) is 6.07 Å². The lowest BCUT2D eigenvalue weighted by atomic mass is 9.97. The molecule has 3 rings (SSSR count). The number of rotatable bonds is 1. The molecule has 2 heterocycles. The highest BCUT2D eigenvalue weighted by Crippen LogP contribution is 2.41. The Morgan fingerprint density at radius 2 is 1.84 bits per heavy atom. The monoisotopic (exact) mass is 383 g/mol. The molecule has 0 spiro atoms. The number of hydrogen-bond acceptors (Lipinski definition) is 4. The molecule has 2 aromatic rings. The molecule has 1 aromatic carbocycles. The number of hydrogen-bond donors (Lipinski definition) is 1. The summed E-state index contributed by atoms with van der Waals surface area (Å²) in [4.78, 5) is 7.47. The second kappa shape index (κ2) is 5.94. The molecule has 25 heavy (non-hydrogen) atoms. The fourth-order valence-electron chi connectivity index (χ4n) is 2.39. The van der Waals surface area contributed by atoms with Gasteiger partial charge in [-0.25, -0.2) is 4.98 Å². The highest BCUT2D eigenvalue weighted by Gasteiger charge is 2.40. The van der Waals surface area contributed by atoms with Crippen LogP contribution in [0.4, 0.5) is 32.2 Å².